The molecule has 0 unspecified atom stereocenters. The second-order valence-corrected chi connectivity index (χ2v) is 5.76. The van der Waals surface area contributed by atoms with E-state index in [1.54, 1.807) is 13.3 Å². The molecular formula is C21H17N3O2. The van der Waals surface area contributed by atoms with Crippen LogP contribution in [0.15, 0.2) is 67.0 Å². The van der Waals surface area contributed by atoms with Crippen molar-refractivity contribution in [3.05, 3.63) is 72.7 Å². The molecule has 128 valence electrons. The number of ether oxygens (including phenoxy) is 1. The number of pyridine rings is 1. The lowest BCUT2D eigenvalue weighted by molar-refractivity contribution is 0.0521. The highest BCUT2D eigenvalue weighted by Crippen LogP contribution is 2.34. The van der Waals surface area contributed by atoms with Crippen LogP contribution in [0.4, 0.5) is 0 Å². The first-order valence-electron chi connectivity index (χ1n) is 8.44. The van der Waals surface area contributed by atoms with Crippen LogP contribution in [0.25, 0.3) is 33.4 Å². The molecular weight excluding hydrogens is 326 g/mol. The van der Waals surface area contributed by atoms with Crippen LogP contribution >= 0.6 is 0 Å². The van der Waals surface area contributed by atoms with Crippen LogP contribution in [0.3, 0.4) is 0 Å². The lowest BCUT2D eigenvalue weighted by Gasteiger charge is -2.12. The van der Waals surface area contributed by atoms with Gasteiger partial charge in [0.15, 0.2) is 5.69 Å². The molecule has 4 rings (SSSR count). The van der Waals surface area contributed by atoms with Crippen molar-refractivity contribution in [1.82, 2.24) is 15.0 Å². The van der Waals surface area contributed by atoms with Gasteiger partial charge in [-0.15, -0.1) is 0 Å². The molecule has 0 radical (unpaired) electrons. The fourth-order valence-electron chi connectivity index (χ4n) is 3.03. The fourth-order valence-corrected chi connectivity index (χ4v) is 3.03. The zero-order valence-electron chi connectivity index (χ0n) is 14.3. The molecule has 1 N–H and O–H groups in total. The number of H-pyrrole nitrogens is 1. The molecule has 2 heterocycles. The van der Waals surface area contributed by atoms with Crippen LogP contribution in [0, 0.1) is 0 Å². The van der Waals surface area contributed by atoms with E-state index in [9.17, 15) is 4.79 Å². The van der Waals surface area contributed by atoms with Gasteiger partial charge in [-0.3, -0.25) is 0 Å². The smallest absolute Gasteiger partial charge is 0.357 e. The van der Waals surface area contributed by atoms with E-state index in [2.05, 4.69) is 9.97 Å². The summed E-state index contributed by atoms with van der Waals surface area (Å²) in [6.07, 6.45) is 1.63. The number of benzene rings is 2. The molecule has 0 aliphatic rings. The number of aromatic nitrogens is 3. The molecule has 0 aliphatic heterocycles. The van der Waals surface area contributed by atoms with Gasteiger partial charge in [0.1, 0.15) is 5.52 Å². The van der Waals surface area contributed by atoms with Gasteiger partial charge in [0.25, 0.3) is 0 Å². The Morgan fingerprint density at radius 1 is 1.00 bits per heavy atom. The summed E-state index contributed by atoms with van der Waals surface area (Å²) >= 11 is 0. The summed E-state index contributed by atoms with van der Waals surface area (Å²) in [4.78, 5) is 25.0. The lowest BCUT2D eigenvalue weighted by Crippen LogP contribution is -2.10. The van der Waals surface area contributed by atoms with Gasteiger partial charge < -0.3 is 9.72 Å². The molecule has 0 aliphatic carbocycles. The Bertz CT molecular complexity index is 1060. The summed E-state index contributed by atoms with van der Waals surface area (Å²) in [5.41, 5.74) is 4.92. The first-order chi connectivity index (χ1) is 12.8. The van der Waals surface area contributed by atoms with Crippen molar-refractivity contribution in [3.8, 4) is 22.4 Å². The molecule has 0 saturated carbocycles. The SMILES string of the molecule is CCOC(=O)c1nc(-c2ccccc2)c2[nH]cnc2c1-c1ccccc1. The molecule has 4 aromatic rings. The third-order valence-electron chi connectivity index (χ3n) is 4.15. The molecule has 2 aromatic heterocycles. The summed E-state index contributed by atoms with van der Waals surface area (Å²) in [5.74, 6) is -0.451. The van der Waals surface area contributed by atoms with Gasteiger partial charge in [-0.05, 0) is 12.5 Å². The van der Waals surface area contributed by atoms with Crippen molar-refractivity contribution in [2.75, 3.05) is 6.61 Å². The minimum absolute atomic E-state index is 0.275. The largest absolute Gasteiger partial charge is 0.461 e. The number of hydrogen-bond acceptors (Lipinski definition) is 4. The molecule has 0 fully saturated rings. The summed E-state index contributed by atoms with van der Waals surface area (Å²) < 4.78 is 5.27. The second kappa shape index (κ2) is 6.80. The maximum atomic E-state index is 12.7. The third-order valence-corrected chi connectivity index (χ3v) is 4.15. The monoisotopic (exact) mass is 343 g/mol. The summed E-state index contributed by atoms with van der Waals surface area (Å²) in [6.45, 7) is 2.07. The Kier molecular flexibility index (Phi) is 4.19. The van der Waals surface area contributed by atoms with E-state index in [4.69, 9.17) is 9.72 Å². The number of fused-ring (bicyclic) bond motifs is 1. The highest BCUT2D eigenvalue weighted by molar-refractivity contribution is 6.07. The first-order valence-corrected chi connectivity index (χ1v) is 8.44. The molecule has 0 atom stereocenters. The number of hydrogen-bond donors (Lipinski definition) is 1. The number of carbonyl (C=O) groups excluding carboxylic acids is 1. The van der Waals surface area contributed by atoms with Crippen LogP contribution in [0.5, 0.6) is 0 Å². The van der Waals surface area contributed by atoms with Gasteiger partial charge in [-0.1, -0.05) is 60.7 Å². The van der Waals surface area contributed by atoms with Crippen molar-refractivity contribution in [1.29, 1.82) is 0 Å². The first kappa shape index (κ1) is 16.0. The van der Waals surface area contributed by atoms with Crippen LogP contribution < -0.4 is 0 Å². The number of rotatable bonds is 4. The van der Waals surface area contributed by atoms with E-state index < -0.39 is 5.97 Å². The van der Waals surface area contributed by atoms with Gasteiger partial charge in [0.2, 0.25) is 0 Å². The molecule has 0 amide bonds. The Morgan fingerprint density at radius 2 is 1.65 bits per heavy atom. The van der Waals surface area contributed by atoms with Gasteiger partial charge in [0.05, 0.1) is 24.1 Å². The van der Waals surface area contributed by atoms with E-state index >= 15 is 0 Å². The molecule has 0 spiro atoms. The number of esters is 1. The molecule has 5 nitrogen and oxygen atoms in total. The highest BCUT2D eigenvalue weighted by Gasteiger charge is 2.23. The standard InChI is InChI=1S/C21H17N3O2/c1-2-26-21(25)19-16(14-9-5-3-6-10-14)18-20(23-13-22-18)17(24-19)15-11-7-4-8-12-15/h3-13H,2H2,1H3,(H,22,23). The predicted molar refractivity (Wildman–Crippen MR) is 101 cm³/mol. The number of aromatic amines is 1. The van der Waals surface area contributed by atoms with Crippen molar-refractivity contribution in [2.24, 2.45) is 0 Å². The molecule has 0 saturated heterocycles. The average Bonchev–Trinajstić information content (AvgIpc) is 3.18. The van der Waals surface area contributed by atoms with Gasteiger partial charge >= 0.3 is 5.97 Å². The normalized spacial score (nSPS) is 10.8. The predicted octanol–water partition coefficient (Wildman–Crippen LogP) is 4.47. The quantitative estimate of drug-likeness (QED) is 0.555. The third kappa shape index (κ3) is 2.73. The van der Waals surface area contributed by atoms with Gasteiger partial charge in [-0.2, -0.15) is 0 Å². The Hall–Kier alpha value is -3.47. The zero-order chi connectivity index (χ0) is 17.9. The van der Waals surface area contributed by atoms with Crippen LogP contribution in [-0.4, -0.2) is 27.5 Å². The van der Waals surface area contributed by atoms with E-state index in [1.807, 2.05) is 60.7 Å². The van der Waals surface area contributed by atoms with E-state index in [1.165, 1.54) is 0 Å². The molecule has 26 heavy (non-hydrogen) atoms. The lowest BCUT2D eigenvalue weighted by atomic mass is 9.99. The summed E-state index contributed by atoms with van der Waals surface area (Å²) in [6, 6.07) is 19.4. The molecule has 2 aromatic carbocycles. The number of nitrogens with one attached hydrogen (secondary N) is 1. The highest BCUT2D eigenvalue weighted by atomic mass is 16.5. The topological polar surface area (TPSA) is 67.9 Å². The number of imidazole rings is 1. The van der Waals surface area contributed by atoms with E-state index in [0.717, 1.165) is 16.6 Å². The van der Waals surface area contributed by atoms with Crippen molar-refractivity contribution >= 4 is 17.0 Å². The van der Waals surface area contributed by atoms with Crippen molar-refractivity contribution in [3.63, 3.8) is 0 Å². The van der Waals surface area contributed by atoms with E-state index in [0.29, 0.717) is 16.8 Å². The molecule has 0 bridgehead atoms. The Morgan fingerprint density at radius 3 is 2.31 bits per heavy atom. The van der Waals surface area contributed by atoms with Crippen molar-refractivity contribution < 1.29 is 9.53 Å². The Labute approximate surface area is 150 Å². The van der Waals surface area contributed by atoms with Crippen molar-refractivity contribution in [2.45, 2.75) is 6.92 Å². The zero-order valence-corrected chi connectivity index (χ0v) is 14.3. The van der Waals surface area contributed by atoms with Gasteiger partial charge in [-0.25, -0.2) is 14.8 Å². The molecule has 5 heteroatoms. The maximum absolute atomic E-state index is 12.7. The second-order valence-electron chi connectivity index (χ2n) is 5.76. The maximum Gasteiger partial charge on any atom is 0.357 e. The number of nitrogens with zero attached hydrogens (tertiary/aromatic N) is 2. The van der Waals surface area contributed by atoms with E-state index in [-0.39, 0.29) is 12.3 Å². The minimum atomic E-state index is -0.451. The fraction of sp³-hybridized carbons (Fsp3) is 0.0952. The van der Waals surface area contributed by atoms with Gasteiger partial charge in [0, 0.05) is 11.1 Å². The van der Waals surface area contributed by atoms with Crippen LogP contribution in [0.1, 0.15) is 17.4 Å². The van der Waals surface area contributed by atoms with Crippen LogP contribution in [0.2, 0.25) is 0 Å². The Balaban J connectivity index is 2.06. The van der Waals surface area contributed by atoms with Crippen LogP contribution in [-0.2, 0) is 4.74 Å². The summed E-state index contributed by atoms with van der Waals surface area (Å²) in [7, 11) is 0. The number of carbonyl (C=O) groups is 1. The average molecular weight is 343 g/mol. The minimum Gasteiger partial charge on any atom is -0.461 e. The summed E-state index contributed by atoms with van der Waals surface area (Å²) in [5, 5.41) is 0.